The third-order valence-electron chi connectivity index (χ3n) is 11.4. The normalized spacial score (nSPS) is 15.0. The summed E-state index contributed by atoms with van der Waals surface area (Å²) in [5, 5.41) is 25.9. The lowest BCUT2D eigenvalue weighted by Gasteiger charge is -2.36. The number of nitrogen functional groups attached to an aromatic ring is 1. The molecule has 4 aromatic carbocycles. The van der Waals surface area contributed by atoms with Gasteiger partial charge in [0, 0.05) is 53.5 Å². The molecule has 0 radical (unpaired) electrons. The molecule has 0 fully saturated rings. The van der Waals surface area contributed by atoms with Crippen LogP contribution in [-0.2, 0) is 53.9 Å². The number of rotatable bonds is 6. The highest BCUT2D eigenvalue weighted by atomic mass is 35.5. The van der Waals surface area contributed by atoms with E-state index in [4.69, 9.17) is 5.73 Å². The van der Waals surface area contributed by atoms with Crippen LogP contribution in [0.4, 0.5) is 51.7 Å². The first-order valence-electron chi connectivity index (χ1n) is 20.8. The predicted molar refractivity (Wildman–Crippen MR) is 234 cm³/mol. The number of hydrogen-bond donors (Lipinski definition) is 1. The van der Waals surface area contributed by atoms with Gasteiger partial charge in [-0.3, -0.25) is 0 Å². The average molecular weight is 861 g/mol. The molecule has 6 heterocycles. The van der Waals surface area contributed by atoms with Crippen LogP contribution in [0.3, 0.4) is 0 Å². The number of azo groups is 3. The number of hydrogen-bond acceptors (Lipinski definition) is 9. The molecule has 4 aliphatic heterocycles. The SMILES string of the molecule is Cn1cc[n+](C)c1N=Nc1ccc(N)cc1.Cn1cc[n+](C)c1N=Nc1ccc(N=Nc2cc3c4c(c2)CCCN4CCC3)cc1.[Cl-].[Cl-].c1cc2c3c(c1)CCCN3CCC2. The Kier molecular flexibility index (Phi) is 15.0. The van der Waals surface area contributed by atoms with Crippen molar-refractivity contribution in [3.05, 3.63) is 126 Å². The Morgan fingerprint density at radius 3 is 1.25 bits per heavy atom. The number of nitrogens with two attached hydrogens (primary N) is 1. The summed E-state index contributed by atoms with van der Waals surface area (Å²) in [5.41, 5.74) is 18.7. The molecule has 0 saturated carbocycles. The maximum Gasteiger partial charge on any atom is 0.421 e. The number of benzene rings is 4. The molecule has 0 spiro atoms. The van der Waals surface area contributed by atoms with Gasteiger partial charge in [0.1, 0.15) is 11.4 Å². The lowest BCUT2D eigenvalue weighted by atomic mass is 9.91. The van der Waals surface area contributed by atoms with Crippen molar-refractivity contribution < 1.29 is 33.9 Å². The summed E-state index contributed by atoms with van der Waals surface area (Å²) in [6.45, 7) is 4.94. The van der Waals surface area contributed by atoms with E-state index in [0.29, 0.717) is 0 Å². The van der Waals surface area contributed by atoms with Crippen molar-refractivity contribution in [3.63, 3.8) is 0 Å². The van der Waals surface area contributed by atoms with E-state index in [1.165, 1.54) is 81.5 Å². The van der Waals surface area contributed by atoms with Gasteiger partial charge in [0.15, 0.2) is 0 Å². The summed E-state index contributed by atoms with van der Waals surface area (Å²) in [6, 6.07) is 26.2. The standard InChI is InChI=1S/C23H26N7.C12H15N.C11H13N5.2ClH/c1-28-13-14-29(2)23(28)27-25-20-9-7-19(8-10-20)24-26-21-15-17-5-3-11-30-12-4-6-18(16-21)22(17)30;1-4-10-6-2-8-13-9-3-7-11(5-1)12(10)13;1-15-7-8-16(2)11(15)14-13-10-5-3-9(12)4-6-10;;/h7-10,13-16H,3-6,11-12H2,1-2H3;1,4-5H,2-3,6-9H2;3-8,12H,1-2H3;2*1H/q+1;;;;/p-1. The van der Waals surface area contributed by atoms with Crippen molar-refractivity contribution in [1.82, 2.24) is 9.13 Å². The smallest absolute Gasteiger partial charge is 0.421 e. The van der Waals surface area contributed by atoms with Gasteiger partial charge in [-0.05, 0) is 134 Å². The number of aryl methyl sites for hydroxylation is 8. The topological polar surface area (TPSA) is 124 Å². The lowest BCUT2D eigenvalue weighted by Crippen LogP contribution is -3.00. The third-order valence-corrected chi connectivity index (χ3v) is 11.4. The summed E-state index contributed by atoms with van der Waals surface area (Å²) in [6.07, 6.45) is 17.8. The highest BCUT2D eigenvalue weighted by Gasteiger charge is 2.25. The zero-order chi connectivity index (χ0) is 40.7. The van der Waals surface area contributed by atoms with E-state index in [9.17, 15) is 0 Å². The molecule has 0 bridgehead atoms. The van der Waals surface area contributed by atoms with E-state index in [1.807, 2.05) is 108 Å². The van der Waals surface area contributed by atoms with Gasteiger partial charge in [0.05, 0.1) is 64.4 Å². The van der Waals surface area contributed by atoms with Gasteiger partial charge in [0.25, 0.3) is 0 Å². The minimum atomic E-state index is 0. The zero-order valence-electron chi connectivity index (χ0n) is 35.5. The fourth-order valence-electron chi connectivity index (χ4n) is 8.45. The Morgan fingerprint density at radius 2 is 0.836 bits per heavy atom. The number of para-hydroxylation sites is 1. The largest absolute Gasteiger partial charge is 1.00 e. The molecule has 15 heteroatoms. The predicted octanol–water partition coefficient (Wildman–Crippen LogP) is 3.62. The van der Waals surface area contributed by atoms with Crippen molar-refractivity contribution in [3.8, 4) is 0 Å². The van der Waals surface area contributed by atoms with Crippen molar-refractivity contribution >= 4 is 51.7 Å². The molecule has 0 amide bonds. The molecule has 0 unspecified atom stereocenters. The lowest BCUT2D eigenvalue weighted by molar-refractivity contribution is -0.657. The Bertz CT molecular complexity index is 2390. The third kappa shape index (κ3) is 10.7. The number of imidazole rings is 2. The number of nitrogens with zero attached hydrogens (tertiary/aromatic N) is 12. The molecule has 6 aromatic rings. The molecular formula is C46H55Cl2N13. The van der Waals surface area contributed by atoms with Crippen LogP contribution in [0, 0.1) is 0 Å². The van der Waals surface area contributed by atoms with Gasteiger partial charge in [-0.2, -0.15) is 10.2 Å². The molecule has 13 nitrogen and oxygen atoms in total. The highest BCUT2D eigenvalue weighted by Crippen LogP contribution is 2.39. The second kappa shape index (κ2) is 20.6. The minimum absolute atomic E-state index is 0. The number of anilines is 3. The second-order valence-electron chi connectivity index (χ2n) is 15.8. The maximum atomic E-state index is 5.59. The summed E-state index contributed by atoms with van der Waals surface area (Å²) < 4.78 is 7.66. The van der Waals surface area contributed by atoms with E-state index < -0.39 is 0 Å². The molecule has 0 atom stereocenters. The molecule has 10 rings (SSSR count). The van der Waals surface area contributed by atoms with Crippen molar-refractivity contribution in [2.45, 2.75) is 51.4 Å². The number of aromatic nitrogens is 4. The first-order chi connectivity index (χ1) is 28.8. The maximum absolute atomic E-state index is 5.59. The fraction of sp³-hybridized carbons (Fsp3) is 0.348. The molecule has 2 N–H and O–H groups in total. The second-order valence-corrected chi connectivity index (χ2v) is 15.8. The molecule has 4 aliphatic rings. The van der Waals surface area contributed by atoms with Crippen molar-refractivity contribution in [2.75, 3.05) is 41.7 Å². The fourth-order valence-corrected chi connectivity index (χ4v) is 8.45. The van der Waals surface area contributed by atoms with Crippen LogP contribution in [0.1, 0.15) is 47.9 Å². The first kappa shape index (κ1) is 44.6. The quantitative estimate of drug-likeness (QED) is 0.157. The van der Waals surface area contributed by atoms with E-state index in [-0.39, 0.29) is 24.8 Å². The van der Waals surface area contributed by atoms with Gasteiger partial charge in [-0.1, -0.05) is 28.4 Å². The van der Waals surface area contributed by atoms with Crippen LogP contribution in [0.2, 0.25) is 0 Å². The summed E-state index contributed by atoms with van der Waals surface area (Å²) in [5.74, 6) is 1.57. The van der Waals surface area contributed by atoms with Crippen LogP contribution in [0.5, 0.6) is 0 Å². The van der Waals surface area contributed by atoms with Gasteiger partial charge in [-0.25, -0.2) is 18.3 Å². The summed E-state index contributed by atoms with van der Waals surface area (Å²) >= 11 is 0. The molecule has 2 aromatic heterocycles. The molecule has 0 aliphatic carbocycles. The first-order valence-corrected chi connectivity index (χ1v) is 20.8. The van der Waals surface area contributed by atoms with Gasteiger partial charge >= 0.3 is 11.9 Å². The monoisotopic (exact) mass is 859 g/mol. The Hall–Kier alpha value is -5.92. The summed E-state index contributed by atoms with van der Waals surface area (Å²) in [7, 11) is 7.75. The molecule has 318 valence electrons. The van der Waals surface area contributed by atoms with Gasteiger partial charge < -0.3 is 40.3 Å². The van der Waals surface area contributed by atoms with Crippen molar-refractivity contribution in [2.24, 2.45) is 58.9 Å². The highest BCUT2D eigenvalue weighted by molar-refractivity contribution is 5.67. The Balaban J connectivity index is 0.000000168. The van der Waals surface area contributed by atoms with Gasteiger partial charge in [-0.15, -0.1) is 0 Å². The molecular weight excluding hydrogens is 806 g/mol. The van der Waals surface area contributed by atoms with Crippen LogP contribution >= 0.6 is 0 Å². The van der Waals surface area contributed by atoms with Crippen LogP contribution < -0.4 is 49.5 Å². The van der Waals surface area contributed by atoms with Crippen LogP contribution in [-0.4, -0.2) is 35.3 Å². The van der Waals surface area contributed by atoms with Gasteiger partial charge in [0.2, 0.25) is 0 Å². The Labute approximate surface area is 371 Å². The van der Waals surface area contributed by atoms with E-state index >= 15 is 0 Å². The zero-order valence-corrected chi connectivity index (χ0v) is 37.0. The van der Waals surface area contributed by atoms with E-state index in [2.05, 4.69) is 70.8 Å². The minimum Gasteiger partial charge on any atom is -1.00 e. The molecule has 61 heavy (non-hydrogen) atoms. The van der Waals surface area contributed by atoms with E-state index in [0.717, 1.165) is 53.2 Å². The van der Waals surface area contributed by atoms with Crippen LogP contribution in [0.25, 0.3) is 0 Å². The molecule has 0 saturated heterocycles. The van der Waals surface area contributed by atoms with Crippen molar-refractivity contribution in [1.29, 1.82) is 0 Å². The average Bonchev–Trinajstić information content (AvgIpc) is 3.76. The Morgan fingerprint density at radius 1 is 0.475 bits per heavy atom. The number of halogens is 2. The van der Waals surface area contributed by atoms with E-state index in [1.54, 1.807) is 28.9 Å². The summed E-state index contributed by atoms with van der Waals surface area (Å²) in [4.78, 5) is 5.12. The van der Waals surface area contributed by atoms with Crippen LogP contribution in [0.15, 0.2) is 134 Å².